The number of carbonyl (C=O) groups is 3. The summed E-state index contributed by atoms with van der Waals surface area (Å²) in [6, 6.07) is 3.93. The molecule has 0 bridgehead atoms. The van der Waals surface area contributed by atoms with Crippen LogP contribution in [-0.2, 0) is 19.1 Å². The van der Waals surface area contributed by atoms with E-state index >= 15 is 0 Å². The molecule has 0 atom stereocenters. The van der Waals surface area contributed by atoms with E-state index in [4.69, 9.17) is 16.3 Å². The highest BCUT2D eigenvalue weighted by molar-refractivity contribution is 6.50. The second kappa shape index (κ2) is 9.31. The molecule has 0 fully saturated rings. The van der Waals surface area contributed by atoms with Gasteiger partial charge in [-0.25, -0.2) is 4.79 Å². The van der Waals surface area contributed by atoms with Crippen LogP contribution in [0.3, 0.4) is 0 Å². The molecule has 1 N–H and O–H groups in total. The van der Waals surface area contributed by atoms with Crippen molar-refractivity contribution >= 4 is 46.5 Å². The Balaban J connectivity index is 2.28. The fourth-order valence-electron chi connectivity index (χ4n) is 2.48. The second-order valence-electron chi connectivity index (χ2n) is 6.42. The number of hydrogen-bond donors (Lipinski definition) is 1. The van der Waals surface area contributed by atoms with Crippen LogP contribution in [0.4, 0.5) is 11.4 Å². The van der Waals surface area contributed by atoms with Crippen molar-refractivity contribution in [3.8, 4) is 0 Å². The SMILES string of the molecule is C=C(C)C(=O)OCCN1C(=O)C(C)=C(C)/C(=N/Nc2ccc(Cl)cc2[N+](=O)[O-])C1=O. The summed E-state index contributed by atoms with van der Waals surface area (Å²) < 4.78 is 4.94. The van der Waals surface area contributed by atoms with Gasteiger partial charge in [0.15, 0.2) is 5.71 Å². The van der Waals surface area contributed by atoms with E-state index in [1.807, 2.05) is 0 Å². The van der Waals surface area contributed by atoms with Gasteiger partial charge in [-0.2, -0.15) is 5.10 Å². The van der Waals surface area contributed by atoms with Crippen LogP contribution < -0.4 is 5.43 Å². The minimum absolute atomic E-state index is 0.0222. The number of hydrazone groups is 1. The molecule has 1 aliphatic rings. The van der Waals surface area contributed by atoms with Crippen molar-refractivity contribution in [1.29, 1.82) is 0 Å². The molecule has 0 spiro atoms. The molecule has 2 rings (SSSR count). The Morgan fingerprint density at radius 2 is 1.97 bits per heavy atom. The summed E-state index contributed by atoms with van der Waals surface area (Å²) in [6.07, 6.45) is 0. The number of anilines is 1. The third kappa shape index (κ3) is 4.90. The minimum Gasteiger partial charge on any atom is -0.460 e. The zero-order valence-corrected chi connectivity index (χ0v) is 17.3. The zero-order valence-electron chi connectivity index (χ0n) is 16.5. The number of nitrogens with one attached hydrogen (secondary N) is 1. The van der Waals surface area contributed by atoms with Crippen LogP contribution in [0.5, 0.6) is 0 Å². The number of esters is 1. The number of nitro groups is 1. The van der Waals surface area contributed by atoms with Crippen LogP contribution in [0.1, 0.15) is 20.8 Å². The van der Waals surface area contributed by atoms with Gasteiger partial charge in [0.2, 0.25) is 0 Å². The first-order valence-electron chi connectivity index (χ1n) is 8.69. The maximum atomic E-state index is 12.8. The van der Waals surface area contributed by atoms with E-state index in [-0.39, 0.29) is 46.4 Å². The maximum Gasteiger partial charge on any atom is 0.333 e. The quantitative estimate of drug-likeness (QED) is 0.229. The summed E-state index contributed by atoms with van der Waals surface area (Å²) in [5, 5.41) is 15.4. The molecule has 2 amide bonds. The van der Waals surface area contributed by atoms with E-state index in [1.54, 1.807) is 6.92 Å². The lowest BCUT2D eigenvalue weighted by Gasteiger charge is -2.27. The zero-order chi connectivity index (χ0) is 22.6. The van der Waals surface area contributed by atoms with Gasteiger partial charge in [-0.3, -0.25) is 30.0 Å². The molecule has 158 valence electrons. The van der Waals surface area contributed by atoms with Gasteiger partial charge >= 0.3 is 5.97 Å². The summed E-state index contributed by atoms with van der Waals surface area (Å²) in [7, 11) is 0. The van der Waals surface area contributed by atoms with Crippen molar-refractivity contribution in [3.05, 3.63) is 56.6 Å². The molecule has 0 saturated heterocycles. The van der Waals surface area contributed by atoms with E-state index in [9.17, 15) is 24.5 Å². The molecule has 11 heteroatoms. The molecule has 1 aromatic carbocycles. The lowest BCUT2D eigenvalue weighted by atomic mass is 9.99. The Hall–Kier alpha value is -3.53. The molecule has 0 aromatic heterocycles. The van der Waals surface area contributed by atoms with Gasteiger partial charge in [0.1, 0.15) is 12.3 Å². The Kier molecular flexibility index (Phi) is 7.06. The first-order valence-corrected chi connectivity index (χ1v) is 9.06. The molecular formula is C19H19ClN4O6. The summed E-state index contributed by atoms with van der Waals surface area (Å²) in [6.45, 7) is 7.60. The number of ether oxygens (including phenoxy) is 1. The molecule has 30 heavy (non-hydrogen) atoms. The van der Waals surface area contributed by atoms with Crippen LogP contribution in [-0.4, -0.2) is 46.5 Å². The molecule has 0 radical (unpaired) electrons. The number of amides is 2. The number of nitro benzene ring substituents is 1. The van der Waals surface area contributed by atoms with E-state index in [0.29, 0.717) is 5.57 Å². The average molecular weight is 435 g/mol. The molecule has 1 aromatic rings. The highest BCUT2D eigenvalue weighted by Crippen LogP contribution is 2.28. The normalized spacial score (nSPS) is 15.5. The molecule has 1 heterocycles. The van der Waals surface area contributed by atoms with Gasteiger partial charge in [-0.1, -0.05) is 18.2 Å². The summed E-state index contributed by atoms with van der Waals surface area (Å²) in [5.74, 6) is -1.90. The van der Waals surface area contributed by atoms with Crippen molar-refractivity contribution in [3.63, 3.8) is 0 Å². The fourth-order valence-corrected chi connectivity index (χ4v) is 2.64. The number of benzene rings is 1. The molecule has 0 aliphatic carbocycles. The number of carbonyl (C=O) groups excluding carboxylic acids is 3. The molecule has 0 saturated carbocycles. The predicted molar refractivity (Wildman–Crippen MR) is 110 cm³/mol. The van der Waals surface area contributed by atoms with Crippen molar-refractivity contribution < 1.29 is 24.0 Å². The van der Waals surface area contributed by atoms with E-state index in [2.05, 4.69) is 17.1 Å². The van der Waals surface area contributed by atoms with Gasteiger partial charge < -0.3 is 4.74 Å². The second-order valence-corrected chi connectivity index (χ2v) is 6.86. The lowest BCUT2D eigenvalue weighted by Crippen LogP contribution is -2.48. The van der Waals surface area contributed by atoms with Gasteiger partial charge in [-0.15, -0.1) is 0 Å². The Labute approximate surface area is 177 Å². The van der Waals surface area contributed by atoms with Gasteiger partial charge in [0, 0.05) is 22.2 Å². The van der Waals surface area contributed by atoms with Crippen LogP contribution >= 0.6 is 11.6 Å². The smallest absolute Gasteiger partial charge is 0.333 e. The van der Waals surface area contributed by atoms with Crippen LogP contribution in [0, 0.1) is 10.1 Å². The average Bonchev–Trinajstić information content (AvgIpc) is 2.69. The lowest BCUT2D eigenvalue weighted by molar-refractivity contribution is -0.383. The largest absolute Gasteiger partial charge is 0.460 e. The Bertz CT molecular complexity index is 1010. The fraction of sp³-hybridized carbons (Fsp3) is 0.263. The number of hydrogen-bond acceptors (Lipinski definition) is 8. The predicted octanol–water partition coefficient (Wildman–Crippen LogP) is 2.84. The highest BCUT2D eigenvalue weighted by Gasteiger charge is 2.34. The molecule has 1 aliphatic heterocycles. The monoisotopic (exact) mass is 434 g/mol. The van der Waals surface area contributed by atoms with Crippen molar-refractivity contribution in [1.82, 2.24) is 4.90 Å². The van der Waals surface area contributed by atoms with Gasteiger partial charge in [-0.05, 0) is 38.5 Å². The van der Waals surface area contributed by atoms with E-state index < -0.39 is 22.7 Å². The van der Waals surface area contributed by atoms with Gasteiger partial charge in [0.05, 0.1) is 11.5 Å². The van der Waals surface area contributed by atoms with Crippen LogP contribution in [0.25, 0.3) is 0 Å². The number of nitrogens with zero attached hydrogens (tertiary/aromatic N) is 3. The van der Waals surface area contributed by atoms with Gasteiger partial charge in [0.25, 0.3) is 17.5 Å². The maximum absolute atomic E-state index is 12.8. The van der Waals surface area contributed by atoms with Crippen molar-refractivity contribution in [2.24, 2.45) is 5.10 Å². The Morgan fingerprint density at radius 3 is 2.57 bits per heavy atom. The summed E-state index contributed by atoms with van der Waals surface area (Å²) in [5.41, 5.74) is 2.88. The third-order valence-electron chi connectivity index (χ3n) is 4.27. The number of imide groups is 1. The summed E-state index contributed by atoms with van der Waals surface area (Å²) in [4.78, 5) is 48.2. The summed E-state index contributed by atoms with van der Waals surface area (Å²) >= 11 is 5.79. The topological polar surface area (TPSA) is 131 Å². The van der Waals surface area contributed by atoms with Crippen molar-refractivity contribution in [2.75, 3.05) is 18.6 Å². The van der Waals surface area contributed by atoms with E-state index in [0.717, 1.165) is 11.0 Å². The minimum atomic E-state index is -0.724. The first-order chi connectivity index (χ1) is 14.0. The third-order valence-corrected chi connectivity index (χ3v) is 4.51. The first kappa shape index (κ1) is 22.8. The van der Waals surface area contributed by atoms with Crippen molar-refractivity contribution in [2.45, 2.75) is 20.8 Å². The molecule has 10 nitrogen and oxygen atoms in total. The molecule has 0 unspecified atom stereocenters. The van der Waals surface area contributed by atoms with Crippen LogP contribution in [0.15, 0.2) is 46.6 Å². The van der Waals surface area contributed by atoms with E-state index in [1.165, 1.54) is 26.0 Å². The molecular weight excluding hydrogens is 416 g/mol. The Morgan fingerprint density at radius 1 is 1.30 bits per heavy atom. The standard InChI is InChI=1S/C19H19ClN4O6/c1-10(2)19(27)30-8-7-23-17(25)12(4)11(3)16(18(23)26)22-21-14-6-5-13(20)9-15(14)24(28)29/h5-6,9,21H,1,7-8H2,2-4H3/b22-16-. The number of rotatable bonds is 7. The van der Waals surface area contributed by atoms with Crippen LogP contribution in [0.2, 0.25) is 5.02 Å². The number of halogens is 1. The highest BCUT2D eigenvalue weighted by atomic mass is 35.5.